The van der Waals surface area contributed by atoms with Gasteiger partial charge in [-0.1, -0.05) is 29.3 Å². The predicted molar refractivity (Wildman–Crippen MR) is 120 cm³/mol. The summed E-state index contributed by atoms with van der Waals surface area (Å²) in [5.41, 5.74) is 3.03. The van der Waals surface area contributed by atoms with Gasteiger partial charge in [0.15, 0.2) is 0 Å². The van der Waals surface area contributed by atoms with Gasteiger partial charge in [0, 0.05) is 6.07 Å². The first kappa shape index (κ1) is 23.6. The van der Waals surface area contributed by atoms with E-state index in [1.807, 2.05) is 36.9 Å². The fourth-order valence-corrected chi connectivity index (χ4v) is 4.88. The second kappa shape index (κ2) is 9.75. The fraction of sp³-hybridized carbons (Fsp3) is 0.500. The molecule has 0 amide bonds. The third kappa shape index (κ3) is 5.52. The summed E-state index contributed by atoms with van der Waals surface area (Å²) in [6.45, 7) is 5.28. The topological polar surface area (TPSA) is 49.8 Å². The number of hydrogen-bond donors (Lipinski definition) is 1. The Balaban J connectivity index is 1.39. The van der Waals surface area contributed by atoms with Crippen molar-refractivity contribution in [3.05, 3.63) is 64.0 Å². The number of aromatic carboxylic acids is 1. The van der Waals surface area contributed by atoms with Gasteiger partial charge in [-0.2, -0.15) is 0 Å². The van der Waals surface area contributed by atoms with E-state index < -0.39 is 24.3 Å². The van der Waals surface area contributed by atoms with E-state index >= 15 is 0 Å². The number of carboxylic acid groups (broad SMARTS) is 1. The van der Waals surface area contributed by atoms with E-state index in [-0.39, 0.29) is 17.4 Å². The van der Waals surface area contributed by atoms with Gasteiger partial charge in [-0.05, 0) is 81.6 Å². The molecule has 33 heavy (non-hydrogen) atoms. The highest BCUT2D eigenvalue weighted by Gasteiger charge is 2.33. The minimum atomic E-state index is -2.48. The highest BCUT2D eigenvalue weighted by molar-refractivity contribution is 5.88. The average Bonchev–Trinajstić information content (AvgIpc) is 3.57. The fourth-order valence-electron chi connectivity index (χ4n) is 4.88. The zero-order valence-corrected chi connectivity index (χ0v) is 19.0. The number of rotatable bonds is 8. The molecule has 1 heterocycles. The molecule has 4 rings (SSSR count). The Hall–Kier alpha value is -2.54. The first-order chi connectivity index (χ1) is 15.7. The van der Waals surface area contributed by atoms with E-state index in [1.54, 1.807) is 0 Å². The van der Waals surface area contributed by atoms with Crippen LogP contribution in [0.5, 0.6) is 5.75 Å². The summed E-state index contributed by atoms with van der Waals surface area (Å²) in [6.07, 6.45) is 0.820. The van der Waals surface area contributed by atoms with Gasteiger partial charge in [-0.25, -0.2) is 18.0 Å². The predicted octanol–water partition coefficient (Wildman–Crippen LogP) is 6.12. The zero-order chi connectivity index (χ0) is 23.7. The molecule has 0 radical (unpaired) electrons. The number of carbonyl (C=O) groups is 1. The third-order valence-electron chi connectivity index (χ3n) is 6.69. The molecule has 0 bridgehead atoms. The lowest BCUT2D eigenvalue weighted by Crippen LogP contribution is -2.40. The van der Waals surface area contributed by atoms with Gasteiger partial charge in [-0.3, -0.25) is 4.90 Å². The van der Waals surface area contributed by atoms with Crippen LogP contribution in [0.1, 0.15) is 70.3 Å². The Morgan fingerprint density at radius 3 is 2.24 bits per heavy atom. The maximum Gasteiger partial charge on any atom is 0.338 e. The number of nitrogens with zero attached hydrogens (tertiary/aromatic N) is 1. The zero-order valence-electron chi connectivity index (χ0n) is 19.0. The number of aryl methyl sites for hydroxylation is 2. The van der Waals surface area contributed by atoms with Crippen molar-refractivity contribution in [3.8, 4) is 5.75 Å². The summed E-state index contributed by atoms with van der Waals surface area (Å²) >= 11 is 0. The minimum Gasteiger partial charge on any atom is -0.493 e. The second-order valence-corrected chi connectivity index (χ2v) is 9.44. The van der Waals surface area contributed by atoms with E-state index in [0.29, 0.717) is 43.9 Å². The SMILES string of the molecule is Cc1cc(C)cc(C(C(F)F)N2CCC(COc3cc(F)c(C(=O)O)cc3C3CC3)CC2)c1. The Morgan fingerprint density at radius 2 is 1.70 bits per heavy atom. The van der Waals surface area contributed by atoms with Gasteiger partial charge in [0.05, 0.1) is 18.2 Å². The van der Waals surface area contributed by atoms with Crippen molar-refractivity contribution in [3.63, 3.8) is 0 Å². The number of ether oxygens (including phenoxy) is 1. The maximum absolute atomic E-state index is 14.2. The van der Waals surface area contributed by atoms with Gasteiger partial charge in [0.1, 0.15) is 11.6 Å². The van der Waals surface area contributed by atoms with Crippen molar-refractivity contribution in [1.29, 1.82) is 0 Å². The molecule has 1 saturated heterocycles. The van der Waals surface area contributed by atoms with Gasteiger partial charge in [-0.15, -0.1) is 0 Å². The summed E-state index contributed by atoms with van der Waals surface area (Å²) in [6, 6.07) is 7.31. The Morgan fingerprint density at radius 1 is 1.06 bits per heavy atom. The molecule has 1 N–H and O–H groups in total. The van der Waals surface area contributed by atoms with Crippen molar-refractivity contribution in [2.24, 2.45) is 5.92 Å². The van der Waals surface area contributed by atoms with Crippen molar-refractivity contribution in [1.82, 2.24) is 4.90 Å². The van der Waals surface area contributed by atoms with Crippen molar-refractivity contribution < 1.29 is 27.8 Å². The number of alkyl halides is 2. The number of likely N-dealkylation sites (tertiary alicyclic amines) is 1. The van der Waals surface area contributed by atoms with Crippen LogP contribution in [0.25, 0.3) is 0 Å². The van der Waals surface area contributed by atoms with Crippen LogP contribution in [0, 0.1) is 25.6 Å². The van der Waals surface area contributed by atoms with E-state index in [4.69, 9.17) is 4.74 Å². The van der Waals surface area contributed by atoms with Crippen LogP contribution in [0.3, 0.4) is 0 Å². The summed E-state index contributed by atoms with van der Waals surface area (Å²) in [5, 5.41) is 9.20. The molecule has 1 aliphatic heterocycles. The summed E-state index contributed by atoms with van der Waals surface area (Å²) < 4.78 is 48.2. The van der Waals surface area contributed by atoms with Crippen molar-refractivity contribution in [2.75, 3.05) is 19.7 Å². The normalized spacial score (nSPS) is 18.5. The molecule has 2 aliphatic rings. The largest absolute Gasteiger partial charge is 0.493 e. The number of benzene rings is 2. The first-order valence-electron chi connectivity index (χ1n) is 11.5. The van der Waals surface area contributed by atoms with Crippen LogP contribution in [-0.4, -0.2) is 42.1 Å². The molecule has 1 atom stereocenters. The van der Waals surface area contributed by atoms with Crippen LogP contribution >= 0.6 is 0 Å². The molecule has 178 valence electrons. The van der Waals surface area contributed by atoms with Crippen LogP contribution < -0.4 is 4.74 Å². The minimum absolute atomic E-state index is 0.174. The standard InChI is InChI=1S/C26H30F3NO3/c1-15-9-16(2)11-19(10-15)24(25(28)29)30-7-5-17(6-8-30)14-33-23-13-22(27)21(26(31)32)12-20(23)18-3-4-18/h9-13,17-18,24-25H,3-8,14H2,1-2H3,(H,31,32). The van der Waals surface area contributed by atoms with E-state index in [1.165, 1.54) is 12.1 Å². The van der Waals surface area contributed by atoms with Crippen LogP contribution in [0.15, 0.2) is 30.3 Å². The van der Waals surface area contributed by atoms with Crippen LogP contribution in [-0.2, 0) is 0 Å². The Labute approximate surface area is 192 Å². The van der Waals surface area contributed by atoms with E-state index in [0.717, 1.165) is 29.5 Å². The molecule has 7 heteroatoms. The quantitative estimate of drug-likeness (QED) is 0.515. The Bertz CT molecular complexity index is 994. The van der Waals surface area contributed by atoms with Gasteiger partial charge >= 0.3 is 5.97 Å². The molecule has 4 nitrogen and oxygen atoms in total. The lowest BCUT2D eigenvalue weighted by Gasteiger charge is -2.37. The summed E-state index contributed by atoms with van der Waals surface area (Å²) in [7, 11) is 0. The number of hydrogen-bond acceptors (Lipinski definition) is 3. The van der Waals surface area contributed by atoms with Gasteiger partial charge in [0.2, 0.25) is 0 Å². The summed E-state index contributed by atoms with van der Waals surface area (Å²) in [4.78, 5) is 13.1. The lowest BCUT2D eigenvalue weighted by molar-refractivity contribution is 0.00313. The first-order valence-corrected chi connectivity index (χ1v) is 11.5. The van der Waals surface area contributed by atoms with Crippen LogP contribution in [0.2, 0.25) is 0 Å². The third-order valence-corrected chi connectivity index (χ3v) is 6.69. The highest BCUT2D eigenvalue weighted by Crippen LogP contribution is 2.45. The molecule has 2 fully saturated rings. The highest BCUT2D eigenvalue weighted by atomic mass is 19.3. The van der Waals surface area contributed by atoms with Crippen LogP contribution in [0.4, 0.5) is 13.2 Å². The van der Waals surface area contributed by atoms with E-state index in [9.17, 15) is 23.1 Å². The molecular weight excluding hydrogens is 431 g/mol. The maximum atomic E-state index is 14.2. The Kier molecular flexibility index (Phi) is 6.98. The molecule has 2 aromatic carbocycles. The molecule has 1 saturated carbocycles. The number of piperidine rings is 1. The molecule has 2 aromatic rings. The smallest absolute Gasteiger partial charge is 0.338 e. The molecule has 0 spiro atoms. The van der Waals surface area contributed by atoms with Crippen molar-refractivity contribution >= 4 is 5.97 Å². The monoisotopic (exact) mass is 461 g/mol. The van der Waals surface area contributed by atoms with Crippen molar-refractivity contribution in [2.45, 2.75) is 57.9 Å². The molecule has 1 unspecified atom stereocenters. The molecule has 1 aliphatic carbocycles. The molecule has 0 aromatic heterocycles. The second-order valence-electron chi connectivity index (χ2n) is 9.44. The summed E-state index contributed by atoms with van der Waals surface area (Å²) in [5.74, 6) is -1.29. The lowest BCUT2D eigenvalue weighted by atomic mass is 9.93. The van der Waals surface area contributed by atoms with Gasteiger partial charge in [0.25, 0.3) is 6.43 Å². The molecular formula is C26H30F3NO3. The number of carboxylic acids is 1. The van der Waals surface area contributed by atoms with E-state index in [2.05, 4.69) is 0 Å². The number of halogens is 3. The average molecular weight is 462 g/mol. The van der Waals surface area contributed by atoms with Gasteiger partial charge < -0.3 is 9.84 Å².